The molecule has 0 radical (unpaired) electrons. The van der Waals surface area contributed by atoms with E-state index >= 15 is 0 Å². The van der Waals surface area contributed by atoms with Crippen LogP contribution in [0.2, 0.25) is 0 Å². The number of amides is 1. The molecule has 0 bridgehead atoms. The molecule has 28 heavy (non-hydrogen) atoms. The number of benzene rings is 2. The number of hydrogen-bond acceptors (Lipinski definition) is 5. The first-order valence-corrected chi connectivity index (χ1v) is 8.42. The molecule has 0 saturated heterocycles. The van der Waals surface area contributed by atoms with Gasteiger partial charge in [0.25, 0.3) is 5.91 Å². The topological polar surface area (TPSA) is 73.6 Å². The summed E-state index contributed by atoms with van der Waals surface area (Å²) in [5.74, 6) is -1.15. The Balaban J connectivity index is 1.66. The van der Waals surface area contributed by atoms with E-state index in [1.807, 2.05) is 12.1 Å². The highest BCUT2D eigenvalue weighted by atomic mass is 19.2. The van der Waals surface area contributed by atoms with Crippen LogP contribution < -0.4 is 14.8 Å². The van der Waals surface area contributed by atoms with Crippen LogP contribution in [0, 0.1) is 11.6 Å². The maximum atomic E-state index is 13.5. The Morgan fingerprint density at radius 1 is 1.07 bits per heavy atom. The zero-order chi connectivity index (χ0) is 20.1. The molecule has 0 spiro atoms. The molecule has 3 rings (SSSR count). The van der Waals surface area contributed by atoms with Crippen LogP contribution in [-0.4, -0.2) is 31.8 Å². The zero-order valence-electron chi connectivity index (χ0n) is 15.3. The van der Waals surface area contributed by atoms with E-state index in [9.17, 15) is 13.6 Å². The van der Waals surface area contributed by atoms with Crippen molar-refractivity contribution in [1.29, 1.82) is 0 Å². The molecular formula is C20H18F2N2O4. The largest absolute Gasteiger partial charge is 0.493 e. The van der Waals surface area contributed by atoms with Crippen molar-refractivity contribution in [2.75, 3.05) is 20.8 Å². The quantitative estimate of drug-likeness (QED) is 0.669. The van der Waals surface area contributed by atoms with Crippen molar-refractivity contribution in [2.24, 2.45) is 0 Å². The molecule has 1 amide bonds. The van der Waals surface area contributed by atoms with Gasteiger partial charge in [-0.05, 0) is 42.3 Å². The van der Waals surface area contributed by atoms with Crippen molar-refractivity contribution in [3.63, 3.8) is 0 Å². The van der Waals surface area contributed by atoms with Gasteiger partial charge in [0.1, 0.15) is 5.56 Å². The fraction of sp³-hybridized carbons (Fsp3) is 0.200. The molecule has 2 aromatic carbocycles. The molecule has 0 unspecified atom stereocenters. The van der Waals surface area contributed by atoms with Gasteiger partial charge in [-0.3, -0.25) is 4.79 Å². The van der Waals surface area contributed by atoms with E-state index in [0.29, 0.717) is 24.5 Å². The lowest BCUT2D eigenvalue weighted by Crippen LogP contribution is -2.25. The van der Waals surface area contributed by atoms with E-state index in [1.165, 1.54) is 12.3 Å². The van der Waals surface area contributed by atoms with Crippen LogP contribution in [0.5, 0.6) is 11.5 Å². The summed E-state index contributed by atoms with van der Waals surface area (Å²) < 4.78 is 42.1. The molecule has 0 aliphatic heterocycles. The molecule has 1 aromatic heterocycles. The van der Waals surface area contributed by atoms with E-state index in [-0.39, 0.29) is 16.9 Å². The predicted molar refractivity (Wildman–Crippen MR) is 97.4 cm³/mol. The van der Waals surface area contributed by atoms with Gasteiger partial charge in [0.15, 0.2) is 28.9 Å². The normalized spacial score (nSPS) is 10.6. The third-order valence-corrected chi connectivity index (χ3v) is 4.14. The third kappa shape index (κ3) is 4.11. The van der Waals surface area contributed by atoms with Crippen molar-refractivity contribution in [3.8, 4) is 22.8 Å². The number of methoxy groups -OCH3 is 2. The minimum Gasteiger partial charge on any atom is -0.493 e. The number of halogens is 2. The van der Waals surface area contributed by atoms with Gasteiger partial charge in [-0.2, -0.15) is 0 Å². The van der Waals surface area contributed by atoms with Gasteiger partial charge in [0.05, 0.1) is 20.4 Å². The fourth-order valence-electron chi connectivity index (χ4n) is 2.70. The third-order valence-electron chi connectivity index (χ3n) is 4.14. The molecule has 1 heterocycles. The number of rotatable bonds is 7. The monoisotopic (exact) mass is 388 g/mol. The first-order valence-electron chi connectivity index (χ1n) is 8.42. The van der Waals surface area contributed by atoms with E-state index in [1.54, 1.807) is 20.3 Å². The van der Waals surface area contributed by atoms with E-state index in [2.05, 4.69) is 10.5 Å². The van der Waals surface area contributed by atoms with Crippen LogP contribution in [0.15, 0.2) is 47.1 Å². The Labute approximate surface area is 160 Å². The Bertz CT molecular complexity index is 988. The highest BCUT2D eigenvalue weighted by Crippen LogP contribution is 2.28. The van der Waals surface area contributed by atoms with Crippen molar-refractivity contribution in [3.05, 3.63) is 65.4 Å². The second-order valence-corrected chi connectivity index (χ2v) is 5.89. The Morgan fingerprint density at radius 3 is 2.57 bits per heavy atom. The lowest BCUT2D eigenvalue weighted by molar-refractivity contribution is 0.0954. The molecule has 8 heteroatoms. The van der Waals surface area contributed by atoms with E-state index in [0.717, 1.165) is 17.7 Å². The van der Waals surface area contributed by atoms with Crippen molar-refractivity contribution in [1.82, 2.24) is 10.5 Å². The number of nitrogens with zero attached hydrogens (tertiary/aromatic N) is 1. The summed E-state index contributed by atoms with van der Waals surface area (Å²) >= 11 is 0. The number of ether oxygens (including phenoxy) is 2. The standard InChI is InChI=1S/C20H18F2N2O4/c1-26-17-6-3-12(9-18(17)27-2)7-8-23-20(25)14-11-24-28-19(14)13-4-5-15(21)16(22)10-13/h3-6,9-11H,7-8H2,1-2H3,(H,23,25). The first-order chi connectivity index (χ1) is 13.5. The van der Waals surface area contributed by atoms with Crippen LogP contribution in [0.4, 0.5) is 8.78 Å². The Kier molecular flexibility index (Phi) is 5.88. The van der Waals surface area contributed by atoms with Crippen LogP contribution >= 0.6 is 0 Å². The average Bonchev–Trinajstić information content (AvgIpc) is 3.19. The minimum atomic E-state index is -1.03. The highest BCUT2D eigenvalue weighted by molar-refractivity contribution is 5.99. The van der Waals surface area contributed by atoms with Gasteiger partial charge >= 0.3 is 0 Å². The summed E-state index contributed by atoms with van der Waals surface area (Å²) in [6, 6.07) is 8.73. The van der Waals surface area contributed by atoms with Crippen LogP contribution in [0.3, 0.4) is 0 Å². The summed E-state index contributed by atoms with van der Waals surface area (Å²) in [6.45, 7) is 0.344. The molecule has 0 fully saturated rings. The van der Waals surface area contributed by atoms with Crippen LogP contribution in [0.25, 0.3) is 11.3 Å². The SMILES string of the molecule is COc1ccc(CCNC(=O)c2cnoc2-c2ccc(F)c(F)c2)cc1OC. The number of nitrogens with one attached hydrogen (secondary N) is 1. The Hall–Kier alpha value is -3.42. The summed E-state index contributed by atoms with van der Waals surface area (Å²) in [7, 11) is 3.11. The molecule has 1 N–H and O–H groups in total. The lowest BCUT2D eigenvalue weighted by atomic mass is 10.1. The highest BCUT2D eigenvalue weighted by Gasteiger charge is 2.19. The van der Waals surface area contributed by atoms with Gasteiger partial charge in [-0.1, -0.05) is 11.2 Å². The smallest absolute Gasteiger partial charge is 0.256 e. The second-order valence-electron chi connectivity index (χ2n) is 5.89. The average molecular weight is 388 g/mol. The zero-order valence-corrected chi connectivity index (χ0v) is 15.3. The summed E-state index contributed by atoms with van der Waals surface area (Å²) in [4.78, 5) is 12.4. The minimum absolute atomic E-state index is 0.0718. The summed E-state index contributed by atoms with van der Waals surface area (Å²) in [5.41, 5.74) is 1.31. The molecule has 0 aliphatic rings. The maximum Gasteiger partial charge on any atom is 0.256 e. The van der Waals surface area contributed by atoms with Gasteiger partial charge in [-0.25, -0.2) is 8.78 Å². The summed E-state index contributed by atoms with van der Waals surface area (Å²) in [5, 5.41) is 6.35. The molecule has 3 aromatic rings. The number of aromatic nitrogens is 1. The first kappa shape index (κ1) is 19.3. The summed E-state index contributed by atoms with van der Waals surface area (Å²) in [6.07, 6.45) is 1.79. The van der Waals surface area contributed by atoms with Gasteiger partial charge in [-0.15, -0.1) is 0 Å². The second kappa shape index (κ2) is 8.51. The van der Waals surface area contributed by atoms with Gasteiger partial charge in [0, 0.05) is 12.1 Å². The van der Waals surface area contributed by atoms with Gasteiger partial charge in [0.2, 0.25) is 0 Å². The molecule has 6 nitrogen and oxygen atoms in total. The number of carbonyl (C=O) groups is 1. The maximum absolute atomic E-state index is 13.5. The molecular weight excluding hydrogens is 370 g/mol. The molecule has 146 valence electrons. The molecule has 0 atom stereocenters. The molecule has 0 aliphatic carbocycles. The van der Waals surface area contributed by atoms with Crippen LogP contribution in [0.1, 0.15) is 15.9 Å². The number of hydrogen-bond donors (Lipinski definition) is 1. The van der Waals surface area contributed by atoms with Crippen molar-refractivity contribution >= 4 is 5.91 Å². The van der Waals surface area contributed by atoms with E-state index in [4.69, 9.17) is 14.0 Å². The lowest BCUT2D eigenvalue weighted by Gasteiger charge is -2.10. The van der Waals surface area contributed by atoms with Crippen molar-refractivity contribution in [2.45, 2.75) is 6.42 Å². The fourth-order valence-corrected chi connectivity index (χ4v) is 2.70. The molecule has 0 saturated carbocycles. The van der Waals surface area contributed by atoms with Crippen LogP contribution in [-0.2, 0) is 6.42 Å². The van der Waals surface area contributed by atoms with Gasteiger partial charge < -0.3 is 19.3 Å². The Morgan fingerprint density at radius 2 is 1.86 bits per heavy atom. The predicted octanol–water partition coefficient (Wildman–Crippen LogP) is 3.61. The van der Waals surface area contributed by atoms with E-state index < -0.39 is 17.5 Å². The van der Waals surface area contributed by atoms with Crippen molar-refractivity contribution < 1.29 is 27.6 Å². The number of carbonyl (C=O) groups excluding carboxylic acids is 1.